The van der Waals surface area contributed by atoms with Crippen LogP contribution in [0.2, 0.25) is 0 Å². The first-order valence-electron chi connectivity index (χ1n) is 6.13. The number of aliphatic hydroxyl groups excluding tert-OH is 1. The standard InChI is InChI=1S/C14H20N2O3/c1-14(2,3)19-16-9-12(17)10-18-13-7-5-4-6-11(13)8-15/h4-7,12,16-17H,9-10H2,1-3H3. The molecule has 0 aliphatic rings. The molecule has 2 N–H and O–H groups in total. The highest BCUT2D eigenvalue weighted by Crippen LogP contribution is 2.16. The van der Waals surface area contributed by atoms with E-state index in [1.165, 1.54) is 0 Å². The highest BCUT2D eigenvalue weighted by Gasteiger charge is 2.12. The van der Waals surface area contributed by atoms with Crippen molar-refractivity contribution < 1.29 is 14.7 Å². The fraction of sp³-hybridized carbons (Fsp3) is 0.500. The maximum Gasteiger partial charge on any atom is 0.137 e. The predicted octanol–water partition coefficient (Wildman–Crippen LogP) is 1.62. The fourth-order valence-corrected chi connectivity index (χ4v) is 1.28. The first-order valence-corrected chi connectivity index (χ1v) is 6.13. The van der Waals surface area contributed by atoms with Gasteiger partial charge < -0.3 is 9.84 Å². The molecule has 104 valence electrons. The van der Waals surface area contributed by atoms with Crippen LogP contribution in [0.5, 0.6) is 5.75 Å². The maximum absolute atomic E-state index is 9.72. The van der Waals surface area contributed by atoms with Gasteiger partial charge in [0.2, 0.25) is 0 Å². The lowest BCUT2D eigenvalue weighted by atomic mass is 10.2. The van der Waals surface area contributed by atoms with Gasteiger partial charge in [-0.2, -0.15) is 10.7 Å². The Morgan fingerprint density at radius 3 is 2.68 bits per heavy atom. The van der Waals surface area contributed by atoms with E-state index in [-0.39, 0.29) is 18.8 Å². The van der Waals surface area contributed by atoms with Gasteiger partial charge in [0.1, 0.15) is 24.5 Å². The summed E-state index contributed by atoms with van der Waals surface area (Å²) in [5.74, 6) is 0.473. The summed E-state index contributed by atoms with van der Waals surface area (Å²) in [6, 6.07) is 8.95. The first kappa shape index (κ1) is 15.4. The van der Waals surface area contributed by atoms with Gasteiger partial charge in [-0.05, 0) is 32.9 Å². The molecule has 0 fully saturated rings. The average Bonchev–Trinajstić information content (AvgIpc) is 2.35. The van der Waals surface area contributed by atoms with Crippen LogP contribution in [0.15, 0.2) is 24.3 Å². The number of nitrogens with one attached hydrogen (secondary N) is 1. The molecular weight excluding hydrogens is 244 g/mol. The zero-order valence-electron chi connectivity index (χ0n) is 11.5. The van der Waals surface area contributed by atoms with Crippen LogP contribution in [0.25, 0.3) is 0 Å². The van der Waals surface area contributed by atoms with E-state index in [9.17, 15) is 5.11 Å². The van der Waals surface area contributed by atoms with E-state index in [4.69, 9.17) is 14.8 Å². The molecule has 0 aromatic heterocycles. The normalized spacial score (nSPS) is 12.8. The van der Waals surface area contributed by atoms with Gasteiger partial charge in [-0.3, -0.25) is 4.84 Å². The molecule has 0 spiro atoms. The Balaban J connectivity index is 2.34. The number of hydrogen-bond donors (Lipinski definition) is 2. The van der Waals surface area contributed by atoms with E-state index in [1.807, 2.05) is 26.8 Å². The largest absolute Gasteiger partial charge is 0.489 e. The zero-order chi connectivity index (χ0) is 14.3. The van der Waals surface area contributed by atoms with Crippen molar-refractivity contribution in [3.05, 3.63) is 29.8 Å². The third-order valence-corrected chi connectivity index (χ3v) is 2.14. The Labute approximate surface area is 113 Å². The highest BCUT2D eigenvalue weighted by molar-refractivity contribution is 5.42. The van der Waals surface area contributed by atoms with E-state index in [1.54, 1.807) is 24.3 Å². The molecule has 0 heterocycles. The molecular formula is C14H20N2O3. The number of aliphatic hydroxyl groups is 1. The summed E-state index contributed by atoms with van der Waals surface area (Å²) < 4.78 is 5.40. The minimum Gasteiger partial charge on any atom is -0.489 e. The van der Waals surface area contributed by atoms with Crippen molar-refractivity contribution in [2.75, 3.05) is 13.2 Å². The van der Waals surface area contributed by atoms with Gasteiger partial charge in [-0.15, -0.1) is 0 Å². The summed E-state index contributed by atoms with van der Waals surface area (Å²) in [5.41, 5.74) is 2.84. The van der Waals surface area contributed by atoms with E-state index < -0.39 is 6.10 Å². The second-order valence-electron chi connectivity index (χ2n) is 5.14. The minimum atomic E-state index is -0.714. The van der Waals surface area contributed by atoms with Crippen LogP contribution in [-0.4, -0.2) is 30.0 Å². The molecule has 1 aromatic rings. The molecule has 0 amide bonds. The molecule has 0 aliphatic heterocycles. The Bertz CT molecular complexity index is 435. The van der Waals surface area contributed by atoms with E-state index in [2.05, 4.69) is 5.48 Å². The topological polar surface area (TPSA) is 74.5 Å². The molecule has 0 saturated heterocycles. The van der Waals surface area contributed by atoms with Gasteiger partial charge in [-0.1, -0.05) is 12.1 Å². The molecule has 1 rings (SSSR count). The number of rotatable bonds is 6. The molecule has 1 unspecified atom stereocenters. The van der Waals surface area contributed by atoms with Crippen molar-refractivity contribution in [1.29, 1.82) is 5.26 Å². The summed E-state index contributed by atoms with van der Waals surface area (Å²) >= 11 is 0. The second-order valence-corrected chi connectivity index (χ2v) is 5.14. The number of hydroxylamine groups is 1. The second kappa shape index (κ2) is 7.10. The van der Waals surface area contributed by atoms with Crippen LogP contribution in [0, 0.1) is 11.3 Å². The van der Waals surface area contributed by atoms with E-state index in [0.29, 0.717) is 11.3 Å². The molecule has 0 radical (unpaired) electrons. The van der Waals surface area contributed by atoms with Gasteiger partial charge in [0, 0.05) is 0 Å². The molecule has 5 nitrogen and oxygen atoms in total. The van der Waals surface area contributed by atoms with E-state index >= 15 is 0 Å². The third kappa shape index (κ3) is 6.20. The fourth-order valence-electron chi connectivity index (χ4n) is 1.28. The summed E-state index contributed by atoms with van der Waals surface area (Å²) in [6.45, 7) is 6.08. The number of hydrogen-bond acceptors (Lipinski definition) is 5. The quantitative estimate of drug-likeness (QED) is 0.764. The lowest BCUT2D eigenvalue weighted by molar-refractivity contribution is -0.0857. The average molecular weight is 264 g/mol. The van der Waals surface area contributed by atoms with Gasteiger partial charge in [-0.25, -0.2) is 0 Å². The Morgan fingerprint density at radius 2 is 2.05 bits per heavy atom. The number of nitriles is 1. The van der Waals surface area contributed by atoms with Crippen molar-refractivity contribution in [2.45, 2.75) is 32.5 Å². The molecule has 0 aliphatic carbocycles. The highest BCUT2D eigenvalue weighted by atomic mass is 16.7. The van der Waals surface area contributed by atoms with Crippen LogP contribution >= 0.6 is 0 Å². The van der Waals surface area contributed by atoms with Crippen molar-refractivity contribution in [1.82, 2.24) is 5.48 Å². The zero-order valence-corrected chi connectivity index (χ0v) is 11.5. The van der Waals surface area contributed by atoms with Gasteiger partial charge in [0.15, 0.2) is 0 Å². The van der Waals surface area contributed by atoms with Crippen molar-refractivity contribution in [2.24, 2.45) is 0 Å². The summed E-state index contributed by atoms with van der Waals surface area (Å²) in [4.78, 5) is 5.28. The van der Waals surface area contributed by atoms with Crippen LogP contribution < -0.4 is 10.2 Å². The third-order valence-electron chi connectivity index (χ3n) is 2.14. The molecule has 1 atom stereocenters. The van der Waals surface area contributed by atoms with Crippen molar-refractivity contribution >= 4 is 0 Å². The number of nitrogens with zero attached hydrogens (tertiary/aromatic N) is 1. The number of ether oxygens (including phenoxy) is 1. The molecule has 1 aromatic carbocycles. The van der Waals surface area contributed by atoms with Crippen LogP contribution in [0.3, 0.4) is 0 Å². The van der Waals surface area contributed by atoms with Gasteiger partial charge >= 0.3 is 0 Å². The Kier molecular flexibility index (Phi) is 5.77. The van der Waals surface area contributed by atoms with Crippen LogP contribution in [0.1, 0.15) is 26.3 Å². The van der Waals surface area contributed by atoms with Crippen LogP contribution in [0.4, 0.5) is 0 Å². The monoisotopic (exact) mass is 264 g/mol. The number of benzene rings is 1. The SMILES string of the molecule is CC(C)(C)ONCC(O)COc1ccccc1C#N. The van der Waals surface area contributed by atoms with E-state index in [0.717, 1.165) is 0 Å². The summed E-state index contributed by atoms with van der Waals surface area (Å²) in [6.07, 6.45) is -0.714. The maximum atomic E-state index is 9.72. The van der Waals surface area contributed by atoms with Crippen LogP contribution in [-0.2, 0) is 4.84 Å². The van der Waals surface area contributed by atoms with Gasteiger partial charge in [0.05, 0.1) is 17.7 Å². The first-order chi connectivity index (χ1) is 8.92. The van der Waals surface area contributed by atoms with Crippen molar-refractivity contribution in [3.8, 4) is 11.8 Å². The molecule has 5 heteroatoms. The lowest BCUT2D eigenvalue weighted by Gasteiger charge is -2.21. The lowest BCUT2D eigenvalue weighted by Crippen LogP contribution is -2.36. The Hall–Kier alpha value is -1.61. The number of para-hydroxylation sites is 1. The minimum absolute atomic E-state index is 0.0964. The molecule has 0 bridgehead atoms. The Morgan fingerprint density at radius 1 is 1.37 bits per heavy atom. The summed E-state index contributed by atoms with van der Waals surface area (Å²) in [5, 5.41) is 18.6. The van der Waals surface area contributed by atoms with Gasteiger partial charge in [0.25, 0.3) is 0 Å². The predicted molar refractivity (Wildman–Crippen MR) is 71.5 cm³/mol. The van der Waals surface area contributed by atoms with Crippen molar-refractivity contribution in [3.63, 3.8) is 0 Å². The smallest absolute Gasteiger partial charge is 0.137 e. The summed E-state index contributed by atoms with van der Waals surface area (Å²) in [7, 11) is 0. The molecule has 19 heavy (non-hydrogen) atoms. The molecule has 0 saturated carbocycles.